The number of imide groups is 1. The predicted octanol–water partition coefficient (Wildman–Crippen LogP) is 2.41. The fraction of sp³-hybridized carbons (Fsp3) is 0.389. The van der Waals surface area contributed by atoms with E-state index >= 15 is 0 Å². The molecule has 0 unspecified atom stereocenters. The number of amides is 3. The van der Waals surface area contributed by atoms with Crippen LogP contribution in [0.5, 0.6) is 0 Å². The Morgan fingerprint density at radius 2 is 2.14 bits per heavy atom. The van der Waals surface area contributed by atoms with Crippen molar-refractivity contribution in [3.8, 4) is 0 Å². The van der Waals surface area contributed by atoms with E-state index in [4.69, 9.17) is 11.6 Å². The molecule has 1 atom stereocenters. The Labute approximate surface area is 172 Å². The van der Waals surface area contributed by atoms with E-state index in [1.165, 1.54) is 4.90 Å². The molecule has 0 saturated carbocycles. The average Bonchev–Trinajstić information content (AvgIpc) is 3.10. The van der Waals surface area contributed by atoms with Gasteiger partial charge >= 0.3 is 0 Å². The fourth-order valence-corrected chi connectivity index (χ4v) is 6.04. The molecule has 3 rings (SSSR count). The molecule has 0 radical (unpaired) electrons. The second-order valence-corrected chi connectivity index (χ2v) is 10.2. The number of sulfone groups is 1. The number of carbonyl (C=O) groups excluding carboxylic acids is 3. The van der Waals surface area contributed by atoms with Crippen molar-refractivity contribution in [3.05, 3.63) is 39.8 Å². The highest BCUT2D eigenvalue weighted by atomic mass is 35.5. The number of benzene rings is 1. The first-order chi connectivity index (χ1) is 13.2. The van der Waals surface area contributed by atoms with E-state index in [1.807, 2.05) is 0 Å². The van der Waals surface area contributed by atoms with Crippen molar-refractivity contribution in [1.29, 1.82) is 0 Å². The van der Waals surface area contributed by atoms with Gasteiger partial charge in [0.1, 0.15) is 6.54 Å². The zero-order chi connectivity index (χ0) is 20.5. The van der Waals surface area contributed by atoms with Crippen LogP contribution in [-0.4, -0.2) is 65.9 Å². The summed E-state index contributed by atoms with van der Waals surface area (Å²) in [7, 11) is -3.15. The van der Waals surface area contributed by atoms with Gasteiger partial charge in [0.15, 0.2) is 9.84 Å². The summed E-state index contributed by atoms with van der Waals surface area (Å²) in [5.74, 6) is -1.01. The van der Waals surface area contributed by atoms with Crippen LogP contribution in [-0.2, 0) is 19.4 Å². The first-order valence-corrected chi connectivity index (χ1v) is 11.7. The molecule has 2 aliphatic heterocycles. The van der Waals surface area contributed by atoms with Crippen LogP contribution in [0.3, 0.4) is 0 Å². The summed E-state index contributed by atoms with van der Waals surface area (Å²) in [5.41, 5.74) is 0.677. The minimum atomic E-state index is -3.15. The van der Waals surface area contributed by atoms with Crippen molar-refractivity contribution < 1.29 is 22.8 Å². The summed E-state index contributed by atoms with van der Waals surface area (Å²) in [5, 5.41) is -0.0185. The molecule has 7 nitrogen and oxygen atoms in total. The first kappa shape index (κ1) is 20.9. The zero-order valence-corrected chi connectivity index (χ0v) is 17.5. The molecule has 2 aliphatic rings. The molecule has 150 valence electrons. The smallest absolute Gasteiger partial charge is 0.294 e. The Balaban J connectivity index is 1.72. The second kappa shape index (κ2) is 8.26. The molecule has 28 heavy (non-hydrogen) atoms. The molecule has 0 aromatic heterocycles. The van der Waals surface area contributed by atoms with Gasteiger partial charge in [-0.05, 0) is 48.9 Å². The summed E-state index contributed by atoms with van der Waals surface area (Å²) >= 11 is 6.70. The van der Waals surface area contributed by atoms with E-state index in [2.05, 4.69) is 0 Å². The lowest BCUT2D eigenvalue weighted by Gasteiger charge is -2.28. The van der Waals surface area contributed by atoms with Crippen LogP contribution in [0.2, 0.25) is 5.02 Å². The van der Waals surface area contributed by atoms with Gasteiger partial charge in [-0.1, -0.05) is 23.7 Å². The molecule has 2 heterocycles. The molecule has 0 bridgehead atoms. The number of hydrogen-bond donors (Lipinski definition) is 0. The number of thioether (sulfide) groups is 1. The van der Waals surface area contributed by atoms with Crippen molar-refractivity contribution in [2.24, 2.45) is 0 Å². The van der Waals surface area contributed by atoms with Crippen LogP contribution in [0.1, 0.15) is 18.9 Å². The SMILES string of the molecule is CCN(C(=O)CN1C(=O)S/C(=C/c2cccc(Cl)c2)C1=O)[C@@H]1CCS(=O)(=O)C1. The number of likely N-dealkylation sites (N-methyl/N-ethyl adjacent to an activating group) is 1. The predicted molar refractivity (Wildman–Crippen MR) is 109 cm³/mol. The molecule has 10 heteroatoms. The van der Waals surface area contributed by atoms with Crippen LogP contribution >= 0.6 is 23.4 Å². The number of rotatable bonds is 5. The normalized spacial score (nSPS) is 22.9. The third-order valence-electron chi connectivity index (χ3n) is 4.62. The number of halogens is 1. The number of hydrogen-bond acceptors (Lipinski definition) is 6. The topological polar surface area (TPSA) is 91.8 Å². The van der Waals surface area contributed by atoms with Gasteiger partial charge < -0.3 is 4.90 Å². The van der Waals surface area contributed by atoms with Crippen LogP contribution in [0.15, 0.2) is 29.2 Å². The maximum absolute atomic E-state index is 12.7. The molecule has 3 amide bonds. The largest absolute Gasteiger partial charge is 0.337 e. The molecular formula is C18H19ClN2O5S2. The summed E-state index contributed by atoms with van der Waals surface area (Å²) in [6, 6.07) is 6.44. The van der Waals surface area contributed by atoms with Crippen molar-refractivity contribution in [3.63, 3.8) is 0 Å². The molecule has 2 saturated heterocycles. The van der Waals surface area contributed by atoms with Gasteiger partial charge in [-0.15, -0.1) is 0 Å². The minimum absolute atomic E-state index is 0.0470. The summed E-state index contributed by atoms with van der Waals surface area (Å²) in [6.07, 6.45) is 1.93. The van der Waals surface area contributed by atoms with Crippen molar-refractivity contribution in [2.45, 2.75) is 19.4 Å². The van der Waals surface area contributed by atoms with Gasteiger partial charge in [-0.3, -0.25) is 19.3 Å². The lowest BCUT2D eigenvalue weighted by molar-refractivity contribution is -0.137. The Bertz CT molecular complexity index is 960. The molecule has 0 spiro atoms. The van der Waals surface area contributed by atoms with Crippen LogP contribution < -0.4 is 0 Å². The van der Waals surface area contributed by atoms with E-state index in [1.54, 1.807) is 37.3 Å². The van der Waals surface area contributed by atoms with Crippen molar-refractivity contribution in [1.82, 2.24) is 9.80 Å². The Morgan fingerprint density at radius 3 is 2.75 bits per heavy atom. The monoisotopic (exact) mass is 442 g/mol. The highest BCUT2D eigenvalue weighted by molar-refractivity contribution is 8.18. The molecule has 2 fully saturated rings. The Hall–Kier alpha value is -1.84. The summed E-state index contributed by atoms with van der Waals surface area (Å²) in [6.45, 7) is 1.66. The quantitative estimate of drug-likeness (QED) is 0.650. The van der Waals surface area contributed by atoms with Gasteiger partial charge in [0, 0.05) is 17.6 Å². The molecule has 1 aromatic rings. The van der Waals surface area contributed by atoms with E-state index in [-0.39, 0.29) is 16.4 Å². The Morgan fingerprint density at radius 1 is 1.39 bits per heavy atom. The van der Waals surface area contributed by atoms with E-state index in [9.17, 15) is 22.8 Å². The van der Waals surface area contributed by atoms with Crippen LogP contribution in [0.25, 0.3) is 6.08 Å². The molecule has 1 aromatic carbocycles. The lowest BCUT2D eigenvalue weighted by atomic mass is 10.2. The van der Waals surface area contributed by atoms with Crippen molar-refractivity contribution in [2.75, 3.05) is 24.6 Å². The van der Waals surface area contributed by atoms with Gasteiger partial charge in [-0.25, -0.2) is 8.42 Å². The maximum Gasteiger partial charge on any atom is 0.294 e. The number of carbonyl (C=O) groups is 3. The summed E-state index contributed by atoms with van der Waals surface area (Å²) < 4.78 is 23.4. The van der Waals surface area contributed by atoms with Crippen LogP contribution in [0, 0.1) is 0 Å². The number of nitrogens with zero attached hydrogens (tertiary/aromatic N) is 2. The molecule has 0 N–H and O–H groups in total. The first-order valence-electron chi connectivity index (χ1n) is 8.71. The van der Waals surface area contributed by atoms with E-state index in [0.29, 0.717) is 23.6 Å². The lowest BCUT2D eigenvalue weighted by Crippen LogP contribution is -2.47. The van der Waals surface area contributed by atoms with Gasteiger partial charge in [0.25, 0.3) is 11.1 Å². The highest BCUT2D eigenvalue weighted by Crippen LogP contribution is 2.32. The molecular weight excluding hydrogens is 424 g/mol. The van der Waals surface area contributed by atoms with E-state index < -0.39 is 39.5 Å². The van der Waals surface area contributed by atoms with Gasteiger partial charge in [0.2, 0.25) is 5.91 Å². The van der Waals surface area contributed by atoms with E-state index in [0.717, 1.165) is 16.7 Å². The third kappa shape index (κ3) is 4.59. The maximum atomic E-state index is 12.7. The summed E-state index contributed by atoms with van der Waals surface area (Å²) in [4.78, 5) is 40.1. The average molecular weight is 443 g/mol. The standard InChI is InChI=1S/C18H19ClN2O5S2/c1-2-20(14-6-7-28(25,26)11-14)16(22)10-21-17(23)15(27-18(21)24)9-12-4-3-5-13(19)8-12/h3-5,8-9,14H,2,6-7,10-11H2,1H3/b15-9+/t14-/m1/s1. The third-order valence-corrected chi connectivity index (χ3v) is 7.52. The molecule has 0 aliphatic carbocycles. The zero-order valence-electron chi connectivity index (χ0n) is 15.1. The second-order valence-electron chi connectivity index (χ2n) is 6.56. The van der Waals surface area contributed by atoms with Crippen molar-refractivity contribution >= 4 is 56.3 Å². The highest BCUT2D eigenvalue weighted by Gasteiger charge is 2.39. The Kier molecular flexibility index (Phi) is 6.16. The fourth-order valence-electron chi connectivity index (χ4n) is 3.27. The van der Waals surface area contributed by atoms with Crippen LogP contribution in [0.4, 0.5) is 4.79 Å². The van der Waals surface area contributed by atoms with Gasteiger partial charge in [0.05, 0.1) is 16.4 Å². The minimum Gasteiger partial charge on any atom is -0.337 e. The van der Waals surface area contributed by atoms with Gasteiger partial charge in [-0.2, -0.15) is 0 Å².